The first-order valence-electron chi connectivity index (χ1n) is 7.31. The molecule has 0 radical (unpaired) electrons. The Bertz CT molecular complexity index is 893. The first kappa shape index (κ1) is 19.4. The van der Waals surface area contributed by atoms with Crippen molar-refractivity contribution in [2.75, 3.05) is 7.11 Å². The molecule has 2 rings (SSSR count). The molecule has 1 amide bonds. The van der Waals surface area contributed by atoms with E-state index in [2.05, 4.69) is 31.6 Å². The number of ether oxygens (including phenoxy) is 1. The van der Waals surface area contributed by atoms with Crippen LogP contribution in [0.3, 0.4) is 0 Å². The number of aromatic nitrogens is 2. The number of phenolic OH excluding ortho intramolecular Hbond substituents is 1. The molecule has 0 unspecified atom stereocenters. The second-order valence-electron chi connectivity index (χ2n) is 5.28. The molecule has 2 N–H and O–H groups in total. The van der Waals surface area contributed by atoms with E-state index >= 15 is 0 Å². The predicted molar refractivity (Wildman–Crippen MR) is 96.5 cm³/mol. The monoisotopic (exact) mass is 425 g/mol. The number of hydrogen-bond donors (Lipinski definition) is 2. The van der Waals surface area contributed by atoms with Gasteiger partial charge in [-0.05, 0) is 47.5 Å². The zero-order valence-electron chi connectivity index (χ0n) is 14.2. The number of phenols is 1. The number of nitro groups is 1. The van der Waals surface area contributed by atoms with Crippen LogP contribution in [-0.2, 0) is 11.3 Å². The number of rotatable bonds is 6. The second kappa shape index (κ2) is 7.95. The summed E-state index contributed by atoms with van der Waals surface area (Å²) in [5, 5.41) is 28.5. The van der Waals surface area contributed by atoms with Gasteiger partial charge in [0.1, 0.15) is 17.9 Å². The summed E-state index contributed by atoms with van der Waals surface area (Å²) in [5.41, 5.74) is 3.32. The highest BCUT2D eigenvalue weighted by Gasteiger charge is 2.22. The second-order valence-corrected chi connectivity index (χ2v) is 6.14. The van der Waals surface area contributed by atoms with Gasteiger partial charge in [-0.25, -0.2) is 5.43 Å². The van der Waals surface area contributed by atoms with Crippen molar-refractivity contribution in [2.45, 2.75) is 20.4 Å². The van der Waals surface area contributed by atoms with Crippen LogP contribution in [0, 0.1) is 24.0 Å². The average Bonchev–Trinajstić information content (AvgIpc) is 2.84. The van der Waals surface area contributed by atoms with Crippen LogP contribution >= 0.6 is 15.9 Å². The molecule has 1 aromatic heterocycles. The normalized spacial score (nSPS) is 10.9. The van der Waals surface area contributed by atoms with E-state index in [-0.39, 0.29) is 29.4 Å². The van der Waals surface area contributed by atoms with E-state index in [9.17, 15) is 20.0 Å². The van der Waals surface area contributed by atoms with E-state index in [1.165, 1.54) is 31.9 Å². The quantitative estimate of drug-likeness (QED) is 0.413. The fraction of sp³-hybridized carbons (Fsp3) is 0.267. The summed E-state index contributed by atoms with van der Waals surface area (Å²) >= 11 is 3.19. The molecule has 1 aromatic carbocycles. The number of hydrogen-bond acceptors (Lipinski definition) is 7. The van der Waals surface area contributed by atoms with E-state index < -0.39 is 10.8 Å². The maximum atomic E-state index is 12.0. The third-order valence-electron chi connectivity index (χ3n) is 3.49. The smallest absolute Gasteiger partial charge is 0.312 e. The predicted octanol–water partition coefficient (Wildman–Crippen LogP) is 2.04. The molecule has 1 heterocycles. The molecule has 0 aliphatic rings. The molecule has 2 aromatic rings. The van der Waals surface area contributed by atoms with E-state index in [0.717, 1.165) is 0 Å². The summed E-state index contributed by atoms with van der Waals surface area (Å²) in [6.07, 6.45) is 1.37. The molecule has 0 saturated carbocycles. The fourth-order valence-corrected chi connectivity index (χ4v) is 2.74. The Labute approximate surface area is 156 Å². The highest BCUT2D eigenvalue weighted by molar-refractivity contribution is 9.10. The summed E-state index contributed by atoms with van der Waals surface area (Å²) in [5.74, 6) is -0.284. The van der Waals surface area contributed by atoms with Crippen molar-refractivity contribution >= 4 is 33.7 Å². The van der Waals surface area contributed by atoms with Crippen molar-refractivity contribution in [2.24, 2.45) is 5.10 Å². The SMILES string of the molecule is COc1cc(C=NNC(=O)Cn2nc(C)c([N+](=O)[O-])c2C)cc(Br)c1O. The Morgan fingerprint density at radius 3 is 2.81 bits per heavy atom. The zero-order chi connectivity index (χ0) is 19.4. The van der Waals surface area contributed by atoms with Gasteiger partial charge in [-0.15, -0.1) is 0 Å². The third kappa shape index (κ3) is 4.17. The minimum atomic E-state index is -0.527. The van der Waals surface area contributed by atoms with Gasteiger partial charge >= 0.3 is 5.69 Å². The molecular weight excluding hydrogens is 410 g/mol. The van der Waals surface area contributed by atoms with Gasteiger partial charge in [0.25, 0.3) is 5.91 Å². The number of aromatic hydroxyl groups is 1. The van der Waals surface area contributed by atoms with E-state index in [1.54, 1.807) is 12.1 Å². The van der Waals surface area contributed by atoms with Crippen LogP contribution in [0.2, 0.25) is 0 Å². The molecular formula is C15H16BrN5O5. The van der Waals surface area contributed by atoms with E-state index in [4.69, 9.17) is 4.74 Å². The molecule has 11 heteroatoms. The Balaban J connectivity index is 2.06. The Kier molecular flexibility index (Phi) is 5.93. The highest BCUT2D eigenvalue weighted by Crippen LogP contribution is 2.34. The number of hydrazone groups is 1. The van der Waals surface area contributed by atoms with Crippen LogP contribution < -0.4 is 10.2 Å². The number of carbonyl (C=O) groups excluding carboxylic acids is 1. The number of nitrogens with zero attached hydrogens (tertiary/aromatic N) is 4. The topological polar surface area (TPSA) is 132 Å². The van der Waals surface area contributed by atoms with Crippen molar-refractivity contribution in [3.05, 3.63) is 43.7 Å². The van der Waals surface area contributed by atoms with Crippen LogP contribution in [0.1, 0.15) is 17.0 Å². The van der Waals surface area contributed by atoms with Gasteiger partial charge in [0.15, 0.2) is 11.5 Å². The van der Waals surface area contributed by atoms with Crippen LogP contribution in [-0.4, -0.2) is 39.0 Å². The number of carbonyl (C=O) groups is 1. The lowest BCUT2D eigenvalue weighted by atomic mass is 10.2. The fourth-order valence-electron chi connectivity index (χ4n) is 2.28. The van der Waals surface area contributed by atoms with Gasteiger partial charge in [-0.1, -0.05) is 0 Å². The number of methoxy groups -OCH3 is 1. The van der Waals surface area contributed by atoms with Gasteiger partial charge in [-0.3, -0.25) is 19.6 Å². The molecule has 0 bridgehead atoms. The maximum absolute atomic E-state index is 12.0. The largest absolute Gasteiger partial charge is 0.503 e. The average molecular weight is 426 g/mol. The Morgan fingerprint density at radius 2 is 2.23 bits per heavy atom. The lowest BCUT2D eigenvalue weighted by Crippen LogP contribution is -2.24. The summed E-state index contributed by atoms with van der Waals surface area (Å²) in [6, 6.07) is 3.14. The van der Waals surface area contributed by atoms with Crippen LogP contribution in [0.4, 0.5) is 5.69 Å². The molecule has 0 spiro atoms. The molecule has 0 saturated heterocycles. The lowest BCUT2D eigenvalue weighted by Gasteiger charge is -2.06. The zero-order valence-corrected chi connectivity index (χ0v) is 15.8. The first-order valence-corrected chi connectivity index (χ1v) is 8.10. The molecule has 138 valence electrons. The summed E-state index contributed by atoms with van der Waals surface area (Å²) < 4.78 is 6.69. The van der Waals surface area contributed by atoms with Crippen molar-refractivity contribution in [1.82, 2.24) is 15.2 Å². The minimum absolute atomic E-state index is 0.0418. The Morgan fingerprint density at radius 1 is 1.54 bits per heavy atom. The van der Waals surface area contributed by atoms with Gasteiger partial charge in [0.05, 0.1) is 22.7 Å². The molecule has 0 aliphatic heterocycles. The molecule has 0 atom stereocenters. The number of nitrogens with one attached hydrogen (secondary N) is 1. The van der Waals surface area contributed by atoms with Crippen molar-refractivity contribution in [1.29, 1.82) is 0 Å². The molecule has 26 heavy (non-hydrogen) atoms. The van der Waals surface area contributed by atoms with E-state index in [1.807, 2.05) is 0 Å². The molecule has 10 nitrogen and oxygen atoms in total. The molecule has 0 aliphatic carbocycles. The van der Waals surface area contributed by atoms with Crippen LogP contribution in [0.5, 0.6) is 11.5 Å². The van der Waals surface area contributed by atoms with Gasteiger partial charge in [0, 0.05) is 0 Å². The van der Waals surface area contributed by atoms with Crippen LogP contribution in [0.25, 0.3) is 0 Å². The van der Waals surface area contributed by atoms with Crippen LogP contribution in [0.15, 0.2) is 21.7 Å². The van der Waals surface area contributed by atoms with Gasteiger partial charge in [0.2, 0.25) is 0 Å². The number of halogens is 1. The highest BCUT2D eigenvalue weighted by atomic mass is 79.9. The van der Waals surface area contributed by atoms with Gasteiger partial charge in [-0.2, -0.15) is 10.2 Å². The minimum Gasteiger partial charge on any atom is -0.503 e. The van der Waals surface area contributed by atoms with Crippen molar-refractivity contribution in [3.63, 3.8) is 0 Å². The first-order chi connectivity index (χ1) is 12.2. The van der Waals surface area contributed by atoms with Crippen molar-refractivity contribution < 1.29 is 19.6 Å². The summed E-state index contributed by atoms with van der Waals surface area (Å²) in [7, 11) is 1.41. The van der Waals surface area contributed by atoms with Crippen molar-refractivity contribution in [3.8, 4) is 11.5 Å². The van der Waals surface area contributed by atoms with Gasteiger partial charge < -0.3 is 9.84 Å². The number of amides is 1. The Hall–Kier alpha value is -2.95. The number of benzene rings is 1. The third-order valence-corrected chi connectivity index (χ3v) is 4.10. The summed E-state index contributed by atoms with van der Waals surface area (Å²) in [6.45, 7) is 2.82. The standard InChI is InChI=1S/C15H16BrN5O5/c1-8-14(21(24)25)9(2)20(19-8)7-13(22)18-17-6-10-4-11(16)15(23)12(5-10)26-3/h4-6,23H,7H2,1-3H3,(H,18,22). The number of aryl methyl sites for hydroxylation is 1. The van der Waals surface area contributed by atoms with E-state index in [0.29, 0.717) is 15.7 Å². The summed E-state index contributed by atoms with van der Waals surface area (Å²) in [4.78, 5) is 22.4. The molecule has 0 fully saturated rings. The maximum Gasteiger partial charge on any atom is 0.312 e. The lowest BCUT2D eigenvalue weighted by molar-refractivity contribution is -0.386.